The van der Waals surface area contributed by atoms with Crippen molar-refractivity contribution in [1.29, 1.82) is 0 Å². The second-order valence-corrected chi connectivity index (χ2v) is 6.79. The molecule has 3 nitrogen and oxygen atoms in total. The van der Waals surface area contributed by atoms with Crippen LogP contribution in [0.2, 0.25) is 0 Å². The maximum atomic E-state index is 5.55. The van der Waals surface area contributed by atoms with Gasteiger partial charge in [0.1, 0.15) is 4.60 Å². The number of ether oxygens (including phenoxy) is 2. The van der Waals surface area contributed by atoms with Gasteiger partial charge in [0.05, 0.1) is 5.52 Å². The SMILES string of the molecule is Cc1ccc(-c2c(CBr)c(Br)nc3cc4c(cc23)OCO4)cc1. The van der Waals surface area contributed by atoms with Crippen LogP contribution in [-0.2, 0) is 5.33 Å². The van der Waals surface area contributed by atoms with Crippen molar-refractivity contribution >= 4 is 42.8 Å². The van der Waals surface area contributed by atoms with Gasteiger partial charge in [-0.3, -0.25) is 0 Å². The summed E-state index contributed by atoms with van der Waals surface area (Å²) in [6.45, 7) is 2.35. The molecule has 5 heteroatoms. The van der Waals surface area contributed by atoms with E-state index in [9.17, 15) is 0 Å². The average molecular weight is 435 g/mol. The number of benzene rings is 2. The Morgan fingerprint density at radius 2 is 1.78 bits per heavy atom. The Kier molecular flexibility index (Phi) is 3.77. The summed E-state index contributed by atoms with van der Waals surface area (Å²) in [6, 6.07) is 12.5. The Labute approximate surface area is 150 Å². The summed E-state index contributed by atoms with van der Waals surface area (Å²) in [6.07, 6.45) is 0. The molecule has 0 radical (unpaired) electrons. The quantitative estimate of drug-likeness (QED) is 0.388. The highest BCUT2D eigenvalue weighted by Gasteiger charge is 2.20. The first-order valence-corrected chi connectivity index (χ1v) is 9.13. The normalized spacial score (nSPS) is 12.8. The van der Waals surface area contributed by atoms with E-state index in [2.05, 4.69) is 68.0 Å². The van der Waals surface area contributed by atoms with E-state index in [1.165, 1.54) is 5.56 Å². The summed E-state index contributed by atoms with van der Waals surface area (Å²) < 4.78 is 11.9. The van der Waals surface area contributed by atoms with Crippen molar-refractivity contribution in [3.63, 3.8) is 0 Å². The second-order valence-electron chi connectivity index (χ2n) is 5.48. The van der Waals surface area contributed by atoms with Gasteiger partial charge in [-0.2, -0.15) is 0 Å². The van der Waals surface area contributed by atoms with Crippen molar-refractivity contribution < 1.29 is 9.47 Å². The van der Waals surface area contributed by atoms with Gasteiger partial charge in [0.25, 0.3) is 0 Å². The fraction of sp³-hybridized carbons (Fsp3) is 0.167. The molecule has 0 saturated heterocycles. The van der Waals surface area contributed by atoms with E-state index in [-0.39, 0.29) is 6.79 Å². The lowest BCUT2D eigenvalue weighted by atomic mass is 9.96. The molecule has 1 aromatic heterocycles. The van der Waals surface area contributed by atoms with Crippen molar-refractivity contribution in [1.82, 2.24) is 4.98 Å². The Morgan fingerprint density at radius 1 is 1.09 bits per heavy atom. The van der Waals surface area contributed by atoms with Crippen LogP contribution >= 0.6 is 31.9 Å². The van der Waals surface area contributed by atoms with Crippen LogP contribution in [0.1, 0.15) is 11.1 Å². The number of fused-ring (bicyclic) bond motifs is 2. The topological polar surface area (TPSA) is 31.4 Å². The fourth-order valence-electron chi connectivity index (χ4n) is 2.83. The molecular weight excluding hydrogens is 422 g/mol. The molecular formula is C18H13Br2NO2. The molecule has 1 aliphatic heterocycles. The van der Waals surface area contributed by atoms with Gasteiger partial charge in [-0.25, -0.2) is 4.98 Å². The molecule has 0 N–H and O–H groups in total. The molecule has 0 spiro atoms. The molecule has 3 aromatic rings. The van der Waals surface area contributed by atoms with Gasteiger partial charge in [0.2, 0.25) is 6.79 Å². The summed E-state index contributed by atoms with van der Waals surface area (Å²) in [5.41, 5.74) is 5.58. The zero-order valence-corrected chi connectivity index (χ0v) is 15.6. The molecule has 0 bridgehead atoms. The van der Waals surface area contributed by atoms with Gasteiger partial charge in [-0.05, 0) is 40.0 Å². The number of hydrogen-bond acceptors (Lipinski definition) is 3. The van der Waals surface area contributed by atoms with Crippen LogP contribution in [-0.4, -0.2) is 11.8 Å². The lowest BCUT2D eigenvalue weighted by Gasteiger charge is -2.14. The van der Waals surface area contributed by atoms with Crippen LogP contribution in [0.4, 0.5) is 0 Å². The summed E-state index contributed by atoms with van der Waals surface area (Å²) in [5.74, 6) is 1.52. The van der Waals surface area contributed by atoms with E-state index in [0.717, 1.165) is 43.7 Å². The van der Waals surface area contributed by atoms with Crippen LogP contribution < -0.4 is 9.47 Å². The Hall–Kier alpha value is -1.59. The summed E-state index contributed by atoms with van der Waals surface area (Å²) in [5, 5.41) is 1.78. The van der Waals surface area contributed by atoms with Crippen molar-refractivity contribution in [2.45, 2.75) is 12.3 Å². The first kappa shape index (κ1) is 15.0. The Bertz CT molecular complexity index is 907. The minimum absolute atomic E-state index is 0.262. The molecule has 0 unspecified atom stereocenters. The highest BCUT2D eigenvalue weighted by molar-refractivity contribution is 9.10. The number of alkyl halides is 1. The van der Waals surface area contributed by atoms with E-state index in [1.54, 1.807) is 0 Å². The molecule has 23 heavy (non-hydrogen) atoms. The number of halogens is 2. The van der Waals surface area contributed by atoms with Crippen LogP contribution in [0.3, 0.4) is 0 Å². The van der Waals surface area contributed by atoms with Crippen molar-refractivity contribution in [2.75, 3.05) is 6.79 Å². The fourth-order valence-corrected chi connectivity index (χ4v) is 4.29. The highest BCUT2D eigenvalue weighted by Crippen LogP contribution is 2.42. The minimum Gasteiger partial charge on any atom is -0.454 e. The first-order chi connectivity index (χ1) is 11.2. The highest BCUT2D eigenvalue weighted by atomic mass is 79.9. The average Bonchev–Trinajstić information content (AvgIpc) is 3.00. The number of nitrogens with zero attached hydrogens (tertiary/aromatic N) is 1. The third kappa shape index (κ3) is 2.52. The maximum Gasteiger partial charge on any atom is 0.231 e. The zero-order chi connectivity index (χ0) is 16.0. The monoisotopic (exact) mass is 433 g/mol. The third-order valence-electron chi connectivity index (χ3n) is 4.00. The number of pyridine rings is 1. The van der Waals surface area contributed by atoms with Gasteiger partial charge in [0, 0.05) is 22.3 Å². The summed E-state index contributed by atoms with van der Waals surface area (Å²) in [4.78, 5) is 4.68. The lowest BCUT2D eigenvalue weighted by molar-refractivity contribution is 0.174. The van der Waals surface area contributed by atoms with Gasteiger partial charge in [-0.1, -0.05) is 45.8 Å². The first-order valence-electron chi connectivity index (χ1n) is 7.22. The molecule has 2 aromatic carbocycles. The summed E-state index contributed by atoms with van der Waals surface area (Å²) >= 11 is 7.20. The molecule has 0 amide bonds. The zero-order valence-electron chi connectivity index (χ0n) is 12.4. The van der Waals surface area contributed by atoms with E-state index < -0.39 is 0 Å². The number of rotatable bonds is 2. The second kappa shape index (κ2) is 5.80. The largest absolute Gasteiger partial charge is 0.454 e. The molecule has 116 valence electrons. The molecule has 1 aliphatic rings. The number of aryl methyl sites for hydroxylation is 1. The maximum absolute atomic E-state index is 5.55. The predicted octanol–water partition coefficient (Wildman–Crippen LogP) is 5.60. The van der Waals surface area contributed by atoms with Crippen molar-refractivity contribution in [3.05, 3.63) is 52.1 Å². The van der Waals surface area contributed by atoms with Gasteiger partial charge in [0.15, 0.2) is 11.5 Å². The van der Waals surface area contributed by atoms with Crippen molar-refractivity contribution in [2.24, 2.45) is 0 Å². The molecule has 0 aliphatic carbocycles. The summed E-state index contributed by atoms with van der Waals surface area (Å²) in [7, 11) is 0. The standard InChI is InChI=1S/C18H13Br2NO2/c1-10-2-4-11(5-3-10)17-12-6-15-16(23-9-22-15)7-14(12)21-18(20)13(17)8-19/h2-7H,8-9H2,1H3. The predicted molar refractivity (Wildman–Crippen MR) is 98.4 cm³/mol. The Balaban J connectivity index is 2.08. The van der Waals surface area contributed by atoms with Crippen LogP contribution in [0.25, 0.3) is 22.0 Å². The van der Waals surface area contributed by atoms with Gasteiger partial charge in [-0.15, -0.1) is 0 Å². The minimum atomic E-state index is 0.262. The van der Waals surface area contributed by atoms with Crippen LogP contribution in [0.5, 0.6) is 11.5 Å². The molecule has 0 fully saturated rings. The van der Waals surface area contributed by atoms with E-state index >= 15 is 0 Å². The van der Waals surface area contributed by atoms with E-state index in [1.807, 2.05) is 12.1 Å². The smallest absolute Gasteiger partial charge is 0.231 e. The lowest BCUT2D eigenvalue weighted by Crippen LogP contribution is -1.95. The van der Waals surface area contributed by atoms with Crippen molar-refractivity contribution in [3.8, 4) is 22.6 Å². The van der Waals surface area contributed by atoms with Gasteiger partial charge >= 0.3 is 0 Å². The Morgan fingerprint density at radius 3 is 2.48 bits per heavy atom. The number of hydrogen-bond donors (Lipinski definition) is 0. The molecule has 0 saturated carbocycles. The van der Waals surface area contributed by atoms with E-state index in [4.69, 9.17) is 9.47 Å². The van der Waals surface area contributed by atoms with Gasteiger partial charge < -0.3 is 9.47 Å². The van der Waals surface area contributed by atoms with E-state index in [0.29, 0.717) is 5.33 Å². The van der Waals surface area contributed by atoms with Crippen LogP contribution in [0, 0.1) is 6.92 Å². The molecule has 0 atom stereocenters. The third-order valence-corrected chi connectivity index (χ3v) is 5.22. The molecule has 2 heterocycles. The van der Waals surface area contributed by atoms with Crippen LogP contribution in [0.15, 0.2) is 41.0 Å². The number of aromatic nitrogens is 1. The molecule has 4 rings (SSSR count).